The van der Waals surface area contributed by atoms with Gasteiger partial charge in [0.1, 0.15) is 0 Å². The molecule has 2 heterocycles. The van der Waals surface area contributed by atoms with E-state index in [1.807, 2.05) is 6.07 Å². The van der Waals surface area contributed by atoms with Crippen molar-refractivity contribution in [3.05, 3.63) is 23.9 Å². The predicted molar refractivity (Wildman–Crippen MR) is 72.7 cm³/mol. The van der Waals surface area contributed by atoms with Crippen LogP contribution in [-0.4, -0.2) is 41.7 Å². The lowest BCUT2D eigenvalue weighted by Gasteiger charge is -2.45. The number of nitrogens with zero attached hydrogens (tertiary/aromatic N) is 2. The predicted octanol–water partition coefficient (Wildman–Crippen LogP) is 1.66. The number of nitrogens with one attached hydrogen (secondary N) is 1. The van der Waals surface area contributed by atoms with Gasteiger partial charge in [0.2, 0.25) is 5.88 Å². The molecule has 0 aromatic carbocycles. The van der Waals surface area contributed by atoms with Crippen molar-refractivity contribution in [1.82, 2.24) is 15.2 Å². The summed E-state index contributed by atoms with van der Waals surface area (Å²) in [5.41, 5.74) is 1.31. The van der Waals surface area contributed by atoms with E-state index in [-0.39, 0.29) is 5.54 Å². The van der Waals surface area contributed by atoms with Gasteiger partial charge in [0, 0.05) is 43.0 Å². The zero-order valence-electron chi connectivity index (χ0n) is 11.7. The van der Waals surface area contributed by atoms with E-state index in [4.69, 9.17) is 4.74 Å². The van der Waals surface area contributed by atoms with Gasteiger partial charge in [0.05, 0.1) is 7.11 Å². The highest BCUT2D eigenvalue weighted by molar-refractivity contribution is 5.25. The fourth-order valence-electron chi connectivity index (χ4n) is 2.39. The Balaban J connectivity index is 2.16. The van der Waals surface area contributed by atoms with Crippen molar-refractivity contribution in [3.63, 3.8) is 0 Å². The Morgan fingerprint density at radius 2 is 2.33 bits per heavy atom. The molecule has 4 nitrogen and oxygen atoms in total. The van der Waals surface area contributed by atoms with E-state index in [2.05, 4.69) is 42.0 Å². The molecule has 0 spiro atoms. The van der Waals surface area contributed by atoms with Gasteiger partial charge in [-0.1, -0.05) is 6.07 Å². The summed E-state index contributed by atoms with van der Waals surface area (Å²) < 4.78 is 5.33. The average molecular weight is 249 g/mol. The minimum atomic E-state index is 0.160. The maximum Gasteiger partial charge on any atom is 0.217 e. The van der Waals surface area contributed by atoms with Gasteiger partial charge in [-0.05, 0) is 26.8 Å². The molecule has 0 amide bonds. The Morgan fingerprint density at radius 1 is 1.56 bits per heavy atom. The Hall–Kier alpha value is -1.13. The highest BCUT2D eigenvalue weighted by Gasteiger charge is 2.32. The SMILES string of the molecule is COc1ncccc1CN1CC(C)NCC1(C)C. The van der Waals surface area contributed by atoms with E-state index in [1.165, 1.54) is 0 Å². The number of ether oxygens (including phenoxy) is 1. The van der Waals surface area contributed by atoms with Gasteiger partial charge >= 0.3 is 0 Å². The van der Waals surface area contributed by atoms with Crippen LogP contribution in [0.3, 0.4) is 0 Å². The van der Waals surface area contributed by atoms with Crippen molar-refractivity contribution in [2.45, 2.75) is 38.9 Å². The number of hydrogen-bond donors (Lipinski definition) is 1. The highest BCUT2D eigenvalue weighted by atomic mass is 16.5. The molecule has 4 heteroatoms. The molecule has 1 aliphatic heterocycles. The molecule has 1 aliphatic rings. The zero-order valence-corrected chi connectivity index (χ0v) is 11.7. The maximum atomic E-state index is 5.33. The third kappa shape index (κ3) is 2.82. The Morgan fingerprint density at radius 3 is 3.06 bits per heavy atom. The number of methoxy groups -OCH3 is 1. The largest absolute Gasteiger partial charge is 0.481 e. The quantitative estimate of drug-likeness (QED) is 0.884. The first-order valence-corrected chi connectivity index (χ1v) is 6.49. The van der Waals surface area contributed by atoms with Gasteiger partial charge in [-0.2, -0.15) is 0 Å². The Bertz CT molecular complexity index is 406. The molecule has 18 heavy (non-hydrogen) atoms. The molecule has 1 N–H and O–H groups in total. The fourth-order valence-corrected chi connectivity index (χ4v) is 2.39. The summed E-state index contributed by atoms with van der Waals surface area (Å²) in [5, 5.41) is 3.53. The second-order valence-corrected chi connectivity index (χ2v) is 5.65. The molecule has 0 bridgehead atoms. The lowest BCUT2D eigenvalue weighted by atomic mass is 9.97. The summed E-state index contributed by atoms with van der Waals surface area (Å²) in [6, 6.07) is 4.59. The molecule has 2 rings (SSSR count). The van der Waals surface area contributed by atoms with Gasteiger partial charge in [0.25, 0.3) is 0 Å². The summed E-state index contributed by atoms with van der Waals surface area (Å²) >= 11 is 0. The summed E-state index contributed by atoms with van der Waals surface area (Å²) in [6.45, 7) is 9.71. The smallest absolute Gasteiger partial charge is 0.217 e. The molecule has 100 valence electrons. The van der Waals surface area contributed by atoms with Gasteiger partial charge in [-0.3, -0.25) is 4.90 Å². The lowest BCUT2D eigenvalue weighted by molar-refractivity contribution is 0.0617. The summed E-state index contributed by atoms with van der Waals surface area (Å²) in [7, 11) is 1.68. The lowest BCUT2D eigenvalue weighted by Crippen LogP contribution is -2.60. The Labute approximate surface area is 109 Å². The van der Waals surface area contributed by atoms with E-state index in [0.717, 1.165) is 31.1 Å². The standard InChI is InChI=1S/C14H23N3O/c1-11-8-17(14(2,3)10-16-11)9-12-6-5-7-15-13(12)18-4/h5-7,11,16H,8-10H2,1-4H3. The first kappa shape index (κ1) is 13.3. The normalized spacial score (nSPS) is 23.9. The van der Waals surface area contributed by atoms with E-state index in [0.29, 0.717) is 6.04 Å². The van der Waals surface area contributed by atoms with Crippen LogP contribution in [0, 0.1) is 0 Å². The molecule has 1 saturated heterocycles. The van der Waals surface area contributed by atoms with Crippen molar-refractivity contribution in [1.29, 1.82) is 0 Å². The fraction of sp³-hybridized carbons (Fsp3) is 0.643. The molecule has 1 aromatic rings. The van der Waals surface area contributed by atoms with E-state index < -0.39 is 0 Å². The second-order valence-electron chi connectivity index (χ2n) is 5.65. The topological polar surface area (TPSA) is 37.4 Å². The highest BCUT2D eigenvalue weighted by Crippen LogP contribution is 2.24. The van der Waals surface area contributed by atoms with E-state index in [1.54, 1.807) is 13.3 Å². The number of rotatable bonds is 3. The molecule has 0 saturated carbocycles. The van der Waals surface area contributed by atoms with Crippen molar-refractivity contribution >= 4 is 0 Å². The molecule has 1 atom stereocenters. The summed E-state index contributed by atoms with van der Waals surface area (Å²) in [6.07, 6.45) is 1.77. The minimum Gasteiger partial charge on any atom is -0.481 e. The molecule has 0 aliphatic carbocycles. The first-order chi connectivity index (χ1) is 8.53. The third-order valence-corrected chi connectivity index (χ3v) is 3.64. The summed E-state index contributed by atoms with van der Waals surface area (Å²) in [5.74, 6) is 0.736. The van der Waals surface area contributed by atoms with Crippen LogP contribution in [0.15, 0.2) is 18.3 Å². The van der Waals surface area contributed by atoms with Gasteiger partial charge < -0.3 is 10.1 Å². The van der Waals surface area contributed by atoms with Gasteiger partial charge in [0.15, 0.2) is 0 Å². The summed E-state index contributed by atoms with van der Waals surface area (Å²) in [4.78, 5) is 6.76. The maximum absolute atomic E-state index is 5.33. The van der Waals surface area contributed by atoms with Crippen molar-refractivity contribution in [3.8, 4) is 5.88 Å². The van der Waals surface area contributed by atoms with Crippen LogP contribution in [0.4, 0.5) is 0 Å². The molecular weight excluding hydrogens is 226 g/mol. The van der Waals surface area contributed by atoms with Gasteiger partial charge in [-0.15, -0.1) is 0 Å². The van der Waals surface area contributed by atoms with E-state index >= 15 is 0 Å². The van der Waals surface area contributed by atoms with E-state index in [9.17, 15) is 0 Å². The van der Waals surface area contributed by atoms with Crippen LogP contribution in [0.25, 0.3) is 0 Å². The van der Waals surface area contributed by atoms with Crippen LogP contribution in [0.2, 0.25) is 0 Å². The molecule has 1 aromatic heterocycles. The zero-order chi connectivity index (χ0) is 13.2. The van der Waals surface area contributed by atoms with Gasteiger partial charge in [-0.25, -0.2) is 4.98 Å². The van der Waals surface area contributed by atoms with Crippen molar-refractivity contribution in [2.24, 2.45) is 0 Å². The average Bonchev–Trinajstić information content (AvgIpc) is 2.35. The number of aromatic nitrogens is 1. The van der Waals surface area contributed by atoms with Crippen LogP contribution in [-0.2, 0) is 6.54 Å². The molecule has 0 radical (unpaired) electrons. The van der Waals surface area contributed by atoms with Crippen LogP contribution in [0.1, 0.15) is 26.3 Å². The second kappa shape index (κ2) is 5.24. The number of piperazine rings is 1. The Kier molecular flexibility index (Phi) is 3.88. The van der Waals surface area contributed by atoms with Crippen LogP contribution in [0.5, 0.6) is 5.88 Å². The van der Waals surface area contributed by atoms with Crippen molar-refractivity contribution < 1.29 is 4.74 Å². The number of pyridine rings is 1. The monoisotopic (exact) mass is 249 g/mol. The number of hydrogen-bond acceptors (Lipinski definition) is 4. The van der Waals surface area contributed by atoms with Crippen LogP contribution < -0.4 is 10.1 Å². The molecular formula is C14H23N3O. The molecule has 1 unspecified atom stereocenters. The third-order valence-electron chi connectivity index (χ3n) is 3.64. The van der Waals surface area contributed by atoms with Crippen LogP contribution >= 0.6 is 0 Å². The van der Waals surface area contributed by atoms with Crippen molar-refractivity contribution in [2.75, 3.05) is 20.2 Å². The first-order valence-electron chi connectivity index (χ1n) is 6.49. The molecule has 1 fully saturated rings. The minimum absolute atomic E-state index is 0.160.